The number of halogens is 3. The molecule has 0 unspecified atom stereocenters. The van der Waals surface area contributed by atoms with Gasteiger partial charge in [0.2, 0.25) is 0 Å². The van der Waals surface area contributed by atoms with E-state index in [1.165, 1.54) is 25.4 Å². The molecule has 2 amide bonds. The maximum atomic E-state index is 13.5. The summed E-state index contributed by atoms with van der Waals surface area (Å²) in [6.45, 7) is 3.59. The minimum Gasteiger partial charge on any atom is -0.457 e. The van der Waals surface area contributed by atoms with Crippen LogP contribution in [0.4, 0.5) is 13.2 Å². The summed E-state index contributed by atoms with van der Waals surface area (Å²) in [5.41, 5.74) is 0.686. The van der Waals surface area contributed by atoms with Crippen LogP contribution in [0.15, 0.2) is 60.8 Å². The Hall–Kier alpha value is -3.96. The lowest BCUT2D eigenvalue weighted by Crippen LogP contribution is -2.42. The Balaban J connectivity index is 1.38. The molecule has 2 aromatic carbocycles. The highest BCUT2D eigenvalue weighted by Crippen LogP contribution is 2.31. The van der Waals surface area contributed by atoms with Gasteiger partial charge < -0.3 is 20.7 Å². The number of benzene rings is 2. The molecular formula is C28H30F3N5O3. The molecule has 0 saturated carbocycles. The summed E-state index contributed by atoms with van der Waals surface area (Å²) in [5.74, 6) is 0.0775. The molecule has 206 valence electrons. The number of amides is 2. The van der Waals surface area contributed by atoms with E-state index in [2.05, 4.69) is 25.8 Å². The normalized spacial score (nSPS) is 14.1. The number of rotatable bonds is 9. The molecule has 0 bridgehead atoms. The highest BCUT2D eigenvalue weighted by Gasteiger charge is 2.32. The molecule has 1 aliphatic rings. The van der Waals surface area contributed by atoms with Crippen LogP contribution in [0.25, 0.3) is 0 Å². The standard InChI is InChI=1S/C28H30F3N5O3/c1-32-27(38)25-17-24(6-8-34-25)39-23-4-2-3-19(15-23)5-7-35-26(37)21-13-20(14-22(16-21)28(29,30)31)18-36-11-9-33-10-12-36/h2-4,6,8,13-17,33H,5,7,9-12,18H2,1H3,(H,32,38)(H,35,37). The van der Waals surface area contributed by atoms with E-state index in [9.17, 15) is 22.8 Å². The van der Waals surface area contributed by atoms with Gasteiger partial charge in [-0.1, -0.05) is 12.1 Å². The summed E-state index contributed by atoms with van der Waals surface area (Å²) in [6, 6.07) is 13.9. The molecule has 3 N–H and O–H groups in total. The number of hydrogen-bond acceptors (Lipinski definition) is 6. The molecular weight excluding hydrogens is 511 g/mol. The van der Waals surface area contributed by atoms with Gasteiger partial charge in [0.05, 0.1) is 5.56 Å². The van der Waals surface area contributed by atoms with Gasteiger partial charge in [-0.2, -0.15) is 13.2 Å². The van der Waals surface area contributed by atoms with Gasteiger partial charge >= 0.3 is 6.18 Å². The van der Waals surface area contributed by atoms with Gasteiger partial charge in [-0.3, -0.25) is 19.5 Å². The van der Waals surface area contributed by atoms with Crippen molar-refractivity contribution in [2.45, 2.75) is 19.1 Å². The Morgan fingerprint density at radius 1 is 1.00 bits per heavy atom. The molecule has 0 aliphatic carbocycles. The average molecular weight is 542 g/mol. The van der Waals surface area contributed by atoms with E-state index in [4.69, 9.17) is 4.74 Å². The summed E-state index contributed by atoms with van der Waals surface area (Å²) in [6.07, 6.45) is -2.64. The van der Waals surface area contributed by atoms with Crippen molar-refractivity contribution in [1.29, 1.82) is 0 Å². The Morgan fingerprint density at radius 2 is 1.77 bits per heavy atom. The molecule has 1 saturated heterocycles. The van der Waals surface area contributed by atoms with Crippen molar-refractivity contribution in [3.63, 3.8) is 0 Å². The van der Waals surface area contributed by atoms with E-state index >= 15 is 0 Å². The van der Waals surface area contributed by atoms with Crippen LogP contribution in [0.5, 0.6) is 11.5 Å². The zero-order valence-electron chi connectivity index (χ0n) is 21.5. The minimum absolute atomic E-state index is 0.0170. The van der Waals surface area contributed by atoms with E-state index in [-0.39, 0.29) is 23.7 Å². The molecule has 4 rings (SSSR count). The average Bonchev–Trinajstić information content (AvgIpc) is 2.93. The third kappa shape index (κ3) is 8.01. The first-order valence-corrected chi connectivity index (χ1v) is 12.6. The zero-order chi connectivity index (χ0) is 27.8. The number of ether oxygens (including phenoxy) is 1. The second-order valence-electron chi connectivity index (χ2n) is 9.15. The van der Waals surface area contributed by atoms with Crippen LogP contribution in [0.1, 0.15) is 37.5 Å². The molecule has 3 aromatic rings. The molecule has 0 spiro atoms. The Morgan fingerprint density at radius 3 is 2.51 bits per heavy atom. The number of nitrogens with one attached hydrogen (secondary N) is 3. The van der Waals surface area contributed by atoms with Crippen molar-refractivity contribution >= 4 is 11.8 Å². The second kappa shape index (κ2) is 12.7. The van der Waals surface area contributed by atoms with Gasteiger partial charge in [-0.25, -0.2) is 0 Å². The smallest absolute Gasteiger partial charge is 0.416 e. The fourth-order valence-corrected chi connectivity index (χ4v) is 4.26. The highest BCUT2D eigenvalue weighted by atomic mass is 19.4. The lowest BCUT2D eigenvalue weighted by Gasteiger charge is -2.27. The summed E-state index contributed by atoms with van der Waals surface area (Å²) in [7, 11) is 1.51. The quantitative estimate of drug-likeness (QED) is 0.383. The second-order valence-corrected chi connectivity index (χ2v) is 9.15. The maximum Gasteiger partial charge on any atom is 0.416 e. The number of piperazine rings is 1. The van der Waals surface area contributed by atoms with Gasteiger partial charge in [-0.05, 0) is 53.9 Å². The molecule has 11 heteroatoms. The first-order chi connectivity index (χ1) is 18.7. The lowest BCUT2D eigenvalue weighted by atomic mass is 10.0. The van der Waals surface area contributed by atoms with Crippen LogP contribution < -0.4 is 20.7 Å². The molecule has 2 heterocycles. The first kappa shape index (κ1) is 28.1. The largest absolute Gasteiger partial charge is 0.457 e. The van der Waals surface area contributed by atoms with Crippen LogP contribution in [-0.4, -0.2) is 61.5 Å². The number of carbonyl (C=O) groups excluding carboxylic acids is 2. The number of carbonyl (C=O) groups is 2. The third-order valence-corrected chi connectivity index (χ3v) is 6.22. The molecule has 0 atom stereocenters. The van der Waals surface area contributed by atoms with Gasteiger partial charge in [0.15, 0.2) is 0 Å². The van der Waals surface area contributed by atoms with E-state index < -0.39 is 17.6 Å². The van der Waals surface area contributed by atoms with E-state index in [1.54, 1.807) is 24.3 Å². The zero-order valence-corrected chi connectivity index (χ0v) is 21.5. The topological polar surface area (TPSA) is 95.6 Å². The predicted molar refractivity (Wildman–Crippen MR) is 140 cm³/mol. The van der Waals surface area contributed by atoms with E-state index in [0.717, 1.165) is 43.9 Å². The fourth-order valence-electron chi connectivity index (χ4n) is 4.26. The van der Waals surface area contributed by atoms with Crippen LogP contribution in [0, 0.1) is 0 Å². The van der Waals surface area contributed by atoms with Crippen LogP contribution in [-0.2, 0) is 19.1 Å². The number of nitrogens with zero attached hydrogens (tertiary/aromatic N) is 2. The van der Waals surface area contributed by atoms with Gasteiger partial charge in [-0.15, -0.1) is 0 Å². The van der Waals surface area contributed by atoms with Crippen LogP contribution in [0.2, 0.25) is 0 Å². The Kier molecular flexibility index (Phi) is 9.15. The van der Waals surface area contributed by atoms with E-state index in [0.29, 0.717) is 30.0 Å². The summed E-state index contributed by atoms with van der Waals surface area (Å²) >= 11 is 0. The minimum atomic E-state index is -4.55. The molecule has 1 aliphatic heterocycles. The van der Waals surface area contributed by atoms with E-state index in [1.807, 2.05) is 6.07 Å². The van der Waals surface area contributed by atoms with Crippen molar-refractivity contribution in [1.82, 2.24) is 25.8 Å². The number of alkyl halides is 3. The maximum absolute atomic E-state index is 13.5. The number of pyridine rings is 1. The summed E-state index contributed by atoms with van der Waals surface area (Å²) < 4.78 is 46.5. The van der Waals surface area contributed by atoms with Gasteiger partial charge in [0.25, 0.3) is 11.8 Å². The van der Waals surface area contributed by atoms with Crippen molar-refractivity contribution in [3.8, 4) is 11.5 Å². The number of aromatic nitrogens is 1. The molecule has 0 radical (unpaired) electrons. The lowest BCUT2D eigenvalue weighted by molar-refractivity contribution is -0.137. The molecule has 8 nitrogen and oxygen atoms in total. The monoisotopic (exact) mass is 541 g/mol. The van der Waals surface area contributed by atoms with Gasteiger partial charge in [0, 0.05) is 64.1 Å². The van der Waals surface area contributed by atoms with Crippen molar-refractivity contribution < 1.29 is 27.5 Å². The number of hydrogen-bond donors (Lipinski definition) is 3. The first-order valence-electron chi connectivity index (χ1n) is 12.6. The summed E-state index contributed by atoms with van der Waals surface area (Å²) in [5, 5.41) is 8.45. The van der Waals surface area contributed by atoms with Crippen molar-refractivity contribution in [3.05, 3.63) is 88.7 Å². The summed E-state index contributed by atoms with van der Waals surface area (Å²) in [4.78, 5) is 30.7. The van der Waals surface area contributed by atoms with Gasteiger partial charge in [0.1, 0.15) is 17.2 Å². The van der Waals surface area contributed by atoms with Crippen LogP contribution in [0.3, 0.4) is 0 Å². The molecule has 1 aromatic heterocycles. The third-order valence-electron chi connectivity index (χ3n) is 6.22. The molecule has 39 heavy (non-hydrogen) atoms. The highest BCUT2D eigenvalue weighted by molar-refractivity contribution is 5.94. The van der Waals surface area contributed by atoms with Crippen LogP contribution >= 0.6 is 0 Å². The van der Waals surface area contributed by atoms with Crippen molar-refractivity contribution in [2.24, 2.45) is 0 Å². The molecule has 1 fully saturated rings. The Bertz CT molecular complexity index is 1310. The fraction of sp³-hybridized carbons (Fsp3) is 0.321. The predicted octanol–water partition coefficient (Wildman–Crippen LogP) is 3.63. The Labute approximate surface area is 224 Å². The SMILES string of the molecule is CNC(=O)c1cc(Oc2cccc(CCNC(=O)c3cc(CN4CCNCC4)cc(C(F)(F)F)c3)c2)ccn1. The van der Waals surface area contributed by atoms with Crippen molar-refractivity contribution in [2.75, 3.05) is 39.8 Å².